The van der Waals surface area contributed by atoms with E-state index in [1.54, 1.807) is 24.3 Å². The van der Waals surface area contributed by atoms with Gasteiger partial charge in [-0.15, -0.1) is 0 Å². The Labute approximate surface area is 186 Å². The SMILES string of the molecule is COCc1nc(Nc2ccc(C(C)=O)cc2)c2ncc(-c3ncccc3C(F)(F)F)cc2n1. The molecule has 0 aliphatic rings. The van der Waals surface area contributed by atoms with Crippen LogP contribution in [0.4, 0.5) is 24.7 Å². The molecule has 0 saturated carbocycles. The van der Waals surface area contributed by atoms with E-state index in [0.29, 0.717) is 33.9 Å². The van der Waals surface area contributed by atoms with Gasteiger partial charge in [0.25, 0.3) is 0 Å². The van der Waals surface area contributed by atoms with Gasteiger partial charge in [0.05, 0.1) is 16.8 Å². The highest BCUT2D eigenvalue weighted by atomic mass is 19.4. The maximum Gasteiger partial charge on any atom is 0.418 e. The second-order valence-corrected chi connectivity index (χ2v) is 7.17. The Morgan fingerprint density at radius 1 is 1.09 bits per heavy atom. The Balaban J connectivity index is 1.80. The van der Waals surface area contributed by atoms with Crippen LogP contribution < -0.4 is 5.32 Å². The van der Waals surface area contributed by atoms with Crippen molar-refractivity contribution in [1.82, 2.24) is 19.9 Å². The normalized spacial score (nSPS) is 11.5. The van der Waals surface area contributed by atoms with Gasteiger partial charge < -0.3 is 10.1 Å². The summed E-state index contributed by atoms with van der Waals surface area (Å²) in [5.41, 5.74) is 0.983. The number of nitrogens with zero attached hydrogens (tertiary/aromatic N) is 4. The van der Waals surface area contributed by atoms with Gasteiger partial charge in [-0.05, 0) is 49.4 Å². The Morgan fingerprint density at radius 3 is 2.52 bits per heavy atom. The lowest BCUT2D eigenvalue weighted by Crippen LogP contribution is -2.08. The van der Waals surface area contributed by atoms with Crippen LogP contribution in [-0.2, 0) is 17.5 Å². The number of Topliss-reactive ketones (excluding diaryl/α,β-unsaturated/α-hetero) is 1. The van der Waals surface area contributed by atoms with E-state index in [0.717, 1.165) is 6.07 Å². The number of anilines is 2. The minimum Gasteiger partial charge on any atom is -0.377 e. The van der Waals surface area contributed by atoms with Crippen molar-refractivity contribution in [3.63, 3.8) is 0 Å². The van der Waals surface area contributed by atoms with Gasteiger partial charge in [-0.3, -0.25) is 9.78 Å². The number of hydrogen-bond donors (Lipinski definition) is 1. The third kappa shape index (κ3) is 4.80. The minimum atomic E-state index is -4.57. The predicted octanol–water partition coefficient (Wildman–Crippen LogP) is 5.20. The molecule has 0 bridgehead atoms. The highest BCUT2D eigenvalue weighted by molar-refractivity contribution is 5.94. The number of aromatic nitrogens is 4. The maximum absolute atomic E-state index is 13.5. The molecule has 0 fully saturated rings. The first-order chi connectivity index (χ1) is 15.8. The second kappa shape index (κ2) is 8.91. The summed E-state index contributed by atoms with van der Waals surface area (Å²) in [6, 6.07) is 10.5. The number of nitrogens with one attached hydrogen (secondary N) is 1. The van der Waals surface area contributed by atoms with Crippen molar-refractivity contribution >= 4 is 28.3 Å². The Kier molecular flexibility index (Phi) is 6.01. The molecule has 0 aliphatic heterocycles. The van der Waals surface area contributed by atoms with Crippen LogP contribution in [0.15, 0.2) is 54.9 Å². The predicted molar refractivity (Wildman–Crippen MR) is 116 cm³/mol. The zero-order chi connectivity index (χ0) is 23.6. The van der Waals surface area contributed by atoms with Gasteiger partial charge in [-0.1, -0.05) is 0 Å². The van der Waals surface area contributed by atoms with Crippen molar-refractivity contribution < 1.29 is 22.7 Å². The van der Waals surface area contributed by atoms with Crippen molar-refractivity contribution in [1.29, 1.82) is 0 Å². The molecule has 7 nitrogen and oxygen atoms in total. The fraction of sp³-hybridized carbons (Fsp3) is 0.174. The number of methoxy groups -OCH3 is 1. The van der Waals surface area contributed by atoms with Gasteiger partial charge in [0.1, 0.15) is 12.1 Å². The topological polar surface area (TPSA) is 89.9 Å². The highest BCUT2D eigenvalue weighted by Crippen LogP contribution is 2.36. The molecule has 0 aliphatic carbocycles. The third-order valence-corrected chi connectivity index (χ3v) is 4.80. The van der Waals surface area contributed by atoms with E-state index >= 15 is 0 Å². The largest absolute Gasteiger partial charge is 0.418 e. The Morgan fingerprint density at radius 2 is 1.85 bits per heavy atom. The number of benzene rings is 1. The number of rotatable bonds is 6. The first-order valence-electron chi connectivity index (χ1n) is 9.82. The number of halogens is 3. The molecule has 168 valence electrons. The third-order valence-electron chi connectivity index (χ3n) is 4.80. The summed E-state index contributed by atoms with van der Waals surface area (Å²) in [4.78, 5) is 28.6. The monoisotopic (exact) mass is 453 g/mol. The lowest BCUT2D eigenvalue weighted by molar-refractivity contribution is -0.137. The quantitative estimate of drug-likeness (QED) is 0.402. The number of fused-ring (bicyclic) bond motifs is 1. The molecule has 33 heavy (non-hydrogen) atoms. The van der Waals surface area contributed by atoms with Crippen molar-refractivity contribution in [2.45, 2.75) is 19.7 Å². The van der Waals surface area contributed by atoms with E-state index in [4.69, 9.17) is 4.74 Å². The van der Waals surface area contributed by atoms with Crippen molar-refractivity contribution in [3.8, 4) is 11.3 Å². The molecule has 3 heterocycles. The molecule has 0 radical (unpaired) electrons. The molecular formula is C23H18F3N5O2. The molecule has 4 aromatic rings. The molecule has 0 unspecified atom stereocenters. The van der Waals surface area contributed by atoms with Crippen LogP contribution in [0.5, 0.6) is 0 Å². The smallest absolute Gasteiger partial charge is 0.377 e. The summed E-state index contributed by atoms with van der Waals surface area (Å²) < 4.78 is 45.5. The van der Waals surface area contributed by atoms with Crippen LogP contribution in [0, 0.1) is 0 Å². The molecule has 10 heteroatoms. The number of ketones is 1. The molecule has 4 rings (SSSR count). The average Bonchev–Trinajstić information content (AvgIpc) is 2.79. The lowest BCUT2D eigenvalue weighted by atomic mass is 10.1. The number of pyridine rings is 2. The van der Waals surface area contributed by atoms with Gasteiger partial charge in [0, 0.05) is 36.3 Å². The molecule has 0 amide bonds. The van der Waals surface area contributed by atoms with Gasteiger partial charge in [-0.2, -0.15) is 13.2 Å². The van der Waals surface area contributed by atoms with Crippen LogP contribution in [0.2, 0.25) is 0 Å². The van der Waals surface area contributed by atoms with Crippen molar-refractivity contribution in [2.75, 3.05) is 12.4 Å². The molecule has 0 saturated heterocycles. The summed E-state index contributed by atoms with van der Waals surface area (Å²) >= 11 is 0. The van der Waals surface area contributed by atoms with E-state index in [2.05, 4.69) is 25.3 Å². The molecule has 1 N–H and O–H groups in total. The first kappa shape index (κ1) is 22.3. The van der Waals surface area contributed by atoms with Crippen LogP contribution in [0.1, 0.15) is 28.7 Å². The Hall–Kier alpha value is -3.92. The average molecular weight is 453 g/mol. The first-order valence-corrected chi connectivity index (χ1v) is 9.82. The van der Waals surface area contributed by atoms with E-state index < -0.39 is 11.7 Å². The van der Waals surface area contributed by atoms with Crippen LogP contribution in [-0.4, -0.2) is 32.8 Å². The zero-order valence-electron chi connectivity index (χ0n) is 17.6. The summed E-state index contributed by atoms with van der Waals surface area (Å²) in [6.45, 7) is 1.57. The number of ether oxygens (including phenoxy) is 1. The second-order valence-electron chi connectivity index (χ2n) is 7.17. The summed E-state index contributed by atoms with van der Waals surface area (Å²) in [5, 5.41) is 3.13. The standard InChI is InChI=1S/C23H18F3N5O2/c1-13(32)14-5-7-16(8-6-14)29-22-21-18(30-19(31-22)12-33-2)10-15(11-28-21)20-17(23(24,25)26)4-3-9-27-20/h3-11H,12H2,1-2H3,(H,29,30,31). The molecule has 0 atom stereocenters. The number of hydrogen-bond acceptors (Lipinski definition) is 7. The van der Waals surface area contributed by atoms with Gasteiger partial charge >= 0.3 is 6.18 Å². The molecule has 3 aromatic heterocycles. The van der Waals surface area contributed by atoms with Gasteiger partial charge in [0.15, 0.2) is 17.4 Å². The number of carbonyl (C=O) groups excluding carboxylic acids is 1. The van der Waals surface area contributed by atoms with E-state index in [-0.39, 0.29) is 23.6 Å². The van der Waals surface area contributed by atoms with Crippen molar-refractivity contribution in [3.05, 3.63) is 71.8 Å². The highest BCUT2D eigenvalue weighted by Gasteiger charge is 2.34. The van der Waals surface area contributed by atoms with Crippen molar-refractivity contribution in [2.24, 2.45) is 0 Å². The van der Waals surface area contributed by atoms with Crippen LogP contribution in [0.3, 0.4) is 0 Å². The van der Waals surface area contributed by atoms with Crippen LogP contribution >= 0.6 is 0 Å². The fourth-order valence-corrected chi connectivity index (χ4v) is 3.27. The summed E-state index contributed by atoms with van der Waals surface area (Å²) in [5.74, 6) is 0.619. The number of alkyl halides is 3. The van der Waals surface area contributed by atoms with Gasteiger partial charge in [-0.25, -0.2) is 15.0 Å². The van der Waals surface area contributed by atoms with E-state index in [9.17, 15) is 18.0 Å². The van der Waals surface area contributed by atoms with Crippen LogP contribution in [0.25, 0.3) is 22.3 Å². The van der Waals surface area contributed by atoms with E-state index in [1.165, 1.54) is 38.6 Å². The fourth-order valence-electron chi connectivity index (χ4n) is 3.27. The number of carbonyl (C=O) groups is 1. The lowest BCUT2D eigenvalue weighted by Gasteiger charge is -2.13. The Bertz CT molecular complexity index is 1320. The summed E-state index contributed by atoms with van der Waals surface area (Å²) in [7, 11) is 1.49. The molecule has 1 aromatic carbocycles. The van der Waals surface area contributed by atoms with Gasteiger partial charge in [0.2, 0.25) is 0 Å². The minimum absolute atomic E-state index is 0.0571. The molecular weight excluding hydrogens is 435 g/mol. The summed E-state index contributed by atoms with van der Waals surface area (Å²) in [6.07, 6.45) is -1.96. The molecule has 0 spiro atoms. The zero-order valence-corrected chi connectivity index (χ0v) is 17.6. The van der Waals surface area contributed by atoms with E-state index in [1.807, 2.05) is 0 Å². The maximum atomic E-state index is 13.5.